The van der Waals surface area contributed by atoms with Crippen LogP contribution in [0, 0.1) is 0 Å². The average molecular weight is 538 g/mol. The Balaban J connectivity index is 1.77. The third-order valence-electron chi connectivity index (χ3n) is 6.05. The Morgan fingerprint density at radius 2 is 1.49 bits per heavy atom. The molecule has 0 saturated carbocycles. The highest BCUT2D eigenvalue weighted by Gasteiger charge is 2.45. The first-order chi connectivity index (χ1) is 18.5. The van der Waals surface area contributed by atoms with Gasteiger partial charge in [0, 0.05) is 18.1 Å². The Hall–Kier alpha value is -5.39. The minimum Gasteiger partial charge on any atom is -0.504 e. The second-order valence-electron chi connectivity index (χ2n) is 8.64. The summed E-state index contributed by atoms with van der Waals surface area (Å²) in [6, 6.07) is 9.74. The number of aliphatic carboxylic acids is 2. The van der Waals surface area contributed by atoms with Crippen LogP contribution in [0.4, 0.5) is 0 Å². The highest BCUT2D eigenvalue weighted by Crippen LogP contribution is 2.53. The minimum atomic E-state index is -1.75. The van der Waals surface area contributed by atoms with Crippen LogP contribution in [0.25, 0.3) is 6.08 Å². The Labute approximate surface area is 219 Å². The lowest BCUT2D eigenvalue weighted by molar-refractivity contribution is -0.166. The molecular weight excluding hydrogens is 516 g/mol. The zero-order valence-electron chi connectivity index (χ0n) is 19.9. The van der Waals surface area contributed by atoms with E-state index in [-0.39, 0.29) is 34.4 Å². The number of phenolic OH excluding ortho intramolecular Hbond substituents is 5. The summed E-state index contributed by atoms with van der Waals surface area (Å²) in [7, 11) is 0. The van der Waals surface area contributed by atoms with Gasteiger partial charge >= 0.3 is 17.9 Å². The van der Waals surface area contributed by atoms with Gasteiger partial charge in [0.25, 0.3) is 0 Å². The van der Waals surface area contributed by atoms with E-state index in [1.54, 1.807) is 0 Å². The van der Waals surface area contributed by atoms with E-state index in [4.69, 9.17) is 14.6 Å². The Morgan fingerprint density at radius 3 is 2.10 bits per heavy atom. The SMILES string of the molecule is O=C(O)C=Cc1ccc(O)c2c1C(C(=O)OC(Cc1ccc(O)c(O)c1)C(=O)O)C(c1ccc(O)c(O)c1)O2. The van der Waals surface area contributed by atoms with Crippen LogP contribution in [0.3, 0.4) is 0 Å². The molecule has 3 unspecified atom stereocenters. The first kappa shape index (κ1) is 26.7. The van der Waals surface area contributed by atoms with Gasteiger partial charge in [0.05, 0.1) is 0 Å². The molecule has 12 nitrogen and oxygen atoms in total. The number of ether oxygens (including phenoxy) is 2. The summed E-state index contributed by atoms with van der Waals surface area (Å²) in [5.41, 5.74) is 0.567. The molecule has 3 atom stereocenters. The molecule has 0 aromatic heterocycles. The number of benzene rings is 3. The van der Waals surface area contributed by atoms with Crippen LogP contribution in [-0.4, -0.2) is 59.8 Å². The molecule has 0 saturated heterocycles. The summed E-state index contributed by atoms with van der Waals surface area (Å²) in [5.74, 6) is -7.87. The largest absolute Gasteiger partial charge is 0.504 e. The zero-order valence-corrected chi connectivity index (χ0v) is 19.9. The second-order valence-corrected chi connectivity index (χ2v) is 8.64. The van der Waals surface area contributed by atoms with Crippen molar-refractivity contribution in [2.24, 2.45) is 0 Å². The predicted molar refractivity (Wildman–Crippen MR) is 132 cm³/mol. The fraction of sp³-hybridized carbons (Fsp3) is 0.148. The van der Waals surface area contributed by atoms with E-state index in [0.717, 1.165) is 36.4 Å². The number of aromatic hydroxyl groups is 5. The number of carboxylic acids is 2. The number of hydrogen-bond acceptors (Lipinski definition) is 10. The number of carbonyl (C=O) groups excluding carboxylic acids is 1. The lowest BCUT2D eigenvalue weighted by Gasteiger charge is -2.22. The van der Waals surface area contributed by atoms with E-state index in [0.29, 0.717) is 0 Å². The molecule has 12 heteroatoms. The van der Waals surface area contributed by atoms with Crippen molar-refractivity contribution < 1.29 is 59.6 Å². The maximum atomic E-state index is 13.6. The molecule has 0 radical (unpaired) electrons. The fourth-order valence-corrected chi connectivity index (χ4v) is 4.22. The van der Waals surface area contributed by atoms with E-state index >= 15 is 0 Å². The van der Waals surface area contributed by atoms with Crippen molar-refractivity contribution in [1.29, 1.82) is 0 Å². The van der Waals surface area contributed by atoms with E-state index < -0.39 is 64.8 Å². The molecule has 1 heterocycles. The van der Waals surface area contributed by atoms with E-state index in [2.05, 4.69) is 0 Å². The van der Waals surface area contributed by atoms with Gasteiger partial charge in [-0.05, 0) is 53.1 Å². The van der Waals surface area contributed by atoms with Gasteiger partial charge in [-0.25, -0.2) is 9.59 Å². The quantitative estimate of drug-likeness (QED) is 0.125. The fourth-order valence-electron chi connectivity index (χ4n) is 4.22. The summed E-state index contributed by atoms with van der Waals surface area (Å²) >= 11 is 0. The van der Waals surface area contributed by atoms with Crippen LogP contribution in [0.5, 0.6) is 34.5 Å². The molecule has 0 bridgehead atoms. The average Bonchev–Trinajstić information content (AvgIpc) is 3.29. The molecule has 0 spiro atoms. The number of esters is 1. The topological polar surface area (TPSA) is 211 Å². The van der Waals surface area contributed by atoms with E-state index in [9.17, 15) is 45.0 Å². The lowest BCUT2D eigenvalue weighted by Crippen LogP contribution is -2.32. The van der Waals surface area contributed by atoms with Crippen LogP contribution in [0.1, 0.15) is 34.3 Å². The molecule has 3 aromatic carbocycles. The molecule has 0 aliphatic carbocycles. The van der Waals surface area contributed by atoms with Crippen LogP contribution in [0.15, 0.2) is 54.6 Å². The molecular formula is C27H22O12. The first-order valence-corrected chi connectivity index (χ1v) is 11.4. The van der Waals surface area contributed by atoms with Crippen molar-refractivity contribution in [2.75, 3.05) is 0 Å². The van der Waals surface area contributed by atoms with Crippen molar-refractivity contribution in [3.8, 4) is 34.5 Å². The monoisotopic (exact) mass is 538 g/mol. The summed E-state index contributed by atoms with van der Waals surface area (Å²) in [6.07, 6.45) is -1.46. The van der Waals surface area contributed by atoms with Gasteiger partial charge < -0.3 is 45.2 Å². The molecule has 1 aliphatic rings. The van der Waals surface area contributed by atoms with Crippen LogP contribution in [-0.2, 0) is 25.5 Å². The van der Waals surface area contributed by atoms with Gasteiger partial charge in [-0.3, -0.25) is 4.79 Å². The highest BCUT2D eigenvalue weighted by molar-refractivity contribution is 5.90. The van der Waals surface area contributed by atoms with Crippen molar-refractivity contribution in [2.45, 2.75) is 24.5 Å². The van der Waals surface area contributed by atoms with Gasteiger partial charge in [0.2, 0.25) is 6.10 Å². The molecule has 39 heavy (non-hydrogen) atoms. The Kier molecular flexibility index (Phi) is 7.20. The van der Waals surface area contributed by atoms with Crippen molar-refractivity contribution in [3.05, 3.63) is 76.9 Å². The van der Waals surface area contributed by atoms with Gasteiger partial charge in [-0.1, -0.05) is 18.2 Å². The smallest absolute Gasteiger partial charge is 0.345 e. The maximum absolute atomic E-state index is 13.6. The molecule has 1 aliphatic heterocycles. The Morgan fingerprint density at radius 1 is 0.846 bits per heavy atom. The summed E-state index contributed by atoms with van der Waals surface area (Å²) < 4.78 is 11.2. The van der Waals surface area contributed by atoms with E-state index in [1.807, 2.05) is 0 Å². The standard InChI is InChI=1S/C27H22O12/c28-15-5-1-12(9-18(15)31)10-20(26(35)36)38-27(37)23-22-13(4-8-21(33)34)2-7-17(30)25(22)39-24(23)14-3-6-16(29)19(32)11-14/h1-9,11,20,23-24,28-32H,10H2,(H,33,34)(H,35,36). The Bertz CT molecular complexity index is 1490. The van der Waals surface area contributed by atoms with Crippen LogP contribution >= 0.6 is 0 Å². The summed E-state index contributed by atoms with van der Waals surface area (Å²) in [6.45, 7) is 0. The third-order valence-corrected chi connectivity index (χ3v) is 6.05. The zero-order chi connectivity index (χ0) is 28.4. The second kappa shape index (κ2) is 10.5. The van der Waals surface area contributed by atoms with Gasteiger partial charge in [-0.2, -0.15) is 0 Å². The van der Waals surface area contributed by atoms with Gasteiger partial charge in [0.15, 0.2) is 34.5 Å². The van der Waals surface area contributed by atoms with Crippen LogP contribution < -0.4 is 4.74 Å². The molecule has 4 rings (SSSR count). The van der Waals surface area contributed by atoms with Crippen LogP contribution in [0.2, 0.25) is 0 Å². The molecule has 7 N–H and O–H groups in total. The van der Waals surface area contributed by atoms with Crippen molar-refractivity contribution >= 4 is 24.0 Å². The predicted octanol–water partition coefficient (Wildman–Crippen LogP) is 2.77. The summed E-state index contributed by atoms with van der Waals surface area (Å²) in [5, 5.41) is 68.3. The van der Waals surface area contributed by atoms with Crippen molar-refractivity contribution in [1.82, 2.24) is 0 Å². The maximum Gasteiger partial charge on any atom is 0.345 e. The van der Waals surface area contributed by atoms with Crippen molar-refractivity contribution in [3.63, 3.8) is 0 Å². The molecule has 202 valence electrons. The number of rotatable bonds is 8. The number of carboxylic acid groups (broad SMARTS) is 2. The molecule has 0 amide bonds. The minimum absolute atomic E-state index is 0.0153. The third kappa shape index (κ3) is 5.49. The van der Waals surface area contributed by atoms with Gasteiger partial charge in [-0.15, -0.1) is 0 Å². The summed E-state index contributed by atoms with van der Waals surface area (Å²) in [4.78, 5) is 36.7. The first-order valence-electron chi connectivity index (χ1n) is 11.4. The highest BCUT2D eigenvalue weighted by atomic mass is 16.6. The molecule has 0 fully saturated rings. The lowest BCUT2D eigenvalue weighted by atomic mass is 9.87. The number of hydrogen-bond donors (Lipinski definition) is 7. The molecule has 3 aromatic rings. The van der Waals surface area contributed by atoms with E-state index in [1.165, 1.54) is 24.3 Å². The number of fused-ring (bicyclic) bond motifs is 1. The normalized spacial score (nSPS) is 16.8. The number of phenols is 5. The van der Waals surface area contributed by atoms with Gasteiger partial charge in [0.1, 0.15) is 12.0 Å². The number of carbonyl (C=O) groups is 3.